The van der Waals surface area contributed by atoms with E-state index in [1.54, 1.807) is 7.11 Å². The van der Waals surface area contributed by atoms with Gasteiger partial charge in [-0.05, 0) is 62.6 Å². The van der Waals surface area contributed by atoms with Crippen molar-refractivity contribution in [3.05, 3.63) is 29.8 Å². The summed E-state index contributed by atoms with van der Waals surface area (Å²) >= 11 is 0. The lowest BCUT2D eigenvalue weighted by Crippen LogP contribution is -2.39. The van der Waals surface area contributed by atoms with E-state index in [2.05, 4.69) is 31.3 Å². The highest BCUT2D eigenvalue weighted by molar-refractivity contribution is 5.27. The van der Waals surface area contributed by atoms with Crippen molar-refractivity contribution in [1.82, 2.24) is 5.32 Å². The third-order valence-electron chi connectivity index (χ3n) is 4.24. The molecule has 0 bridgehead atoms. The summed E-state index contributed by atoms with van der Waals surface area (Å²) in [5.41, 5.74) is 1.38. The molecule has 0 saturated heterocycles. The largest absolute Gasteiger partial charge is 0.497 e. The van der Waals surface area contributed by atoms with Gasteiger partial charge < -0.3 is 10.1 Å². The smallest absolute Gasteiger partial charge is 0.118 e. The molecule has 0 spiro atoms. The fourth-order valence-corrected chi connectivity index (χ4v) is 3.00. The molecule has 19 heavy (non-hydrogen) atoms. The standard InChI is InChI=1S/C17H27NO/c1-13-4-8-16(9-5-13)18-14(2)12-15-6-10-17(19-3)11-7-15/h6-7,10-11,13-14,16,18H,4-5,8-9,12H2,1-3H3. The number of methoxy groups -OCH3 is 1. The van der Waals surface area contributed by atoms with Gasteiger partial charge in [0.1, 0.15) is 5.75 Å². The van der Waals surface area contributed by atoms with Crippen LogP contribution in [0.15, 0.2) is 24.3 Å². The Morgan fingerprint density at radius 3 is 2.37 bits per heavy atom. The van der Waals surface area contributed by atoms with Crippen molar-refractivity contribution in [3.63, 3.8) is 0 Å². The maximum atomic E-state index is 5.19. The van der Waals surface area contributed by atoms with Crippen LogP contribution >= 0.6 is 0 Å². The second kappa shape index (κ2) is 6.95. The van der Waals surface area contributed by atoms with Crippen molar-refractivity contribution in [3.8, 4) is 5.75 Å². The van der Waals surface area contributed by atoms with Gasteiger partial charge in [0.05, 0.1) is 7.11 Å². The van der Waals surface area contributed by atoms with Crippen LogP contribution in [-0.2, 0) is 6.42 Å². The lowest BCUT2D eigenvalue weighted by molar-refractivity contribution is 0.290. The molecule has 1 aromatic carbocycles. The number of rotatable bonds is 5. The van der Waals surface area contributed by atoms with Crippen molar-refractivity contribution >= 4 is 0 Å². The topological polar surface area (TPSA) is 21.3 Å². The van der Waals surface area contributed by atoms with Crippen LogP contribution < -0.4 is 10.1 Å². The van der Waals surface area contributed by atoms with Gasteiger partial charge in [0.15, 0.2) is 0 Å². The maximum Gasteiger partial charge on any atom is 0.118 e. The Labute approximate surface area is 117 Å². The first kappa shape index (κ1) is 14.4. The molecule has 1 fully saturated rings. The van der Waals surface area contributed by atoms with E-state index in [1.165, 1.54) is 31.2 Å². The van der Waals surface area contributed by atoms with Gasteiger partial charge in [0.2, 0.25) is 0 Å². The zero-order chi connectivity index (χ0) is 13.7. The Kier molecular flexibility index (Phi) is 5.26. The molecule has 106 valence electrons. The Bertz CT molecular complexity index is 365. The predicted octanol–water partition coefficient (Wildman–Crippen LogP) is 3.79. The summed E-state index contributed by atoms with van der Waals surface area (Å²) in [7, 11) is 1.71. The van der Waals surface area contributed by atoms with Crippen molar-refractivity contribution in [2.45, 2.75) is 58.0 Å². The van der Waals surface area contributed by atoms with Gasteiger partial charge in [-0.2, -0.15) is 0 Å². The monoisotopic (exact) mass is 261 g/mol. The van der Waals surface area contributed by atoms with Gasteiger partial charge in [-0.25, -0.2) is 0 Å². The predicted molar refractivity (Wildman–Crippen MR) is 80.7 cm³/mol. The first-order valence-corrected chi connectivity index (χ1v) is 7.56. The quantitative estimate of drug-likeness (QED) is 0.870. The molecule has 2 heteroatoms. The van der Waals surface area contributed by atoms with Crippen molar-refractivity contribution in [2.24, 2.45) is 5.92 Å². The SMILES string of the molecule is COc1ccc(CC(C)NC2CCC(C)CC2)cc1. The summed E-state index contributed by atoms with van der Waals surface area (Å²) in [4.78, 5) is 0. The van der Waals surface area contributed by atoms with Crippen LogP contribution in [0.5, 0.6) is 5.75 Å². The molecule has 1 aromatic rings. The molecule has 1 unspecified atom stereocenters. The molecule has 1 atom stereocenters. The minimum absolute atomic E-state index is 0.548. The zero-order valence-corrected chi connectivity index (χ0v) is 12.5. The minimum atomic E-state index is 0.548. The van der Waals surface area contributed by atoms with Gasteiger partial charge in [0, 0.05) is 12.1 Å². The Morgan fingerprint density at radius 2 is 1.79 bits per heavy atom. The number of hydrogen-bond acceptors (Lipinski definition) is 2. The Morgan fingerprint density at radius 1 is 1.16 bits per heavy atom. The van der Waals surface area contributed by atoms with Gasteiger partial charge >= 0.3 is 0 Å². The second-order valence-corrected chi connectivity index (χ2v) is 6.08. The molecule has 1 N–H and O–H groups in total. The normalized spacial score (nSPS) is 25.0. The number of benzene rings is 1. The van der Waals surface area contributed by atoms with Crippen LogP contribution in [0.4, 0.5) is 0 Å². The van der Waals surface area contributed by atoms with Crippen LogP contribution in [0.2, 0.25) is 0 Å². The molecule has 0 aromatic heterocycles. The van der Waals surface area contributed by atoms with Crippen molar-refractivity contribution < 1.29 is 4.74 Å². The molecule has 1 aliphatic carbocycles. The second-order valence-electron chi connectivity index (χ2n) is 6.08. The fraction of sp³-hybridized carbons (Fsp3) is 0.647. The zero-order valence-electron chi connectivity index (χ0n) is 12.5. The van der Waals surface area contributed by atoms with E-state index in [1.807, 2.05) is 12.1 Å². The Balaban J connectivity index is 1.78. The van der Waals surface area contributed by atoms with Crippen LogP contribution in [0, 0.1) is 5.92 Å². The summed E-state index contributed by atoms with van der Waals surface area (Å²) in [6.45, 7) is 4.67. The number of nitrogens with one attached hydrogen (secondary N) is 1. The third-order valence-corrected chi connectivity index (χ3v) is 4.24. The molecule has 2 nitrogen and oxygen atoms in total. The molecular formula is C17H27NO. The van der Waals surface area contributed by atoms with E-state index in [-0.39, 0.29) is 0 Å². The average molecular weight is 261 g/mol. The summed E-state index contributed by atoms with van der Waals surface area (Å²) in [5, 5.41) is 3.79. The van der Waals surface area contributed by atoms with Crippen LogP contribution in [0.25, 0.3) is 0 Å². The molecule has 0 aliphatic heterocycles. The van der Waals surface area contributed by atoms with E-state index >= 15 is 0 Å². The summed E-state index contributed by atoms with van der Waals surface area (Å²) in [6.07, 6.45) is 6.54. The third kappa shape index (κ3) is 4.54. The minimum Gasteiger partial charge on any atom is -0.497 e. The highest BCUT2D eigenvalue weighted by atomic mass is 16.5. The molecule has 0 heterocycles. The molecule has 1 saturated carbocycles. The van der Waals surface area contributed by atoms with E-state index in [0.29, 0.717) is 6.04 Å². The lowest BCUT2D eigenvalue weighted by Gasteiger charge is -2.29. The first-order chi connectivity index (χ1) is 9.17. The summed E-state index contributed by atoms with van der Waals surface area (Å²) < 4.78 is 5.19. The highest BCUT2D eigenvalue weighted by Crippen LogP contribution is 2.24. The Hall–Kier alpha value is -1.02. The average Bonchev–Trinajstić information content (AvgIpc) is 2.42. The van der Waals surface area contributed by atoms with Crippen LogP contribution in [0.1, 0.15) is 45.1 Å². The first-order valence-electron chi connectivity index (χ1n) is 7.56. The summed E-state index contributed by atoms with van der Waals surface area (Å²) in [5.74, 6) is 1.86. The van der Waals surface area contributed by atoms with Crippen LogP contribution in [-0.4, -0.2) is 19.2 Å². The number of hydrogen-bond donors (Lipinski definition) is 1. The summed E-state index contributed by atoms with van der Waals surface area (Å²) in [6, 6.07) is 9.70. The van der Waals surface area contributed by atoms with Gasteiger partial charge in [0.25, 0.3) is 0 Å². The van der Waals surface area contributed by atoms with E-state index in [9.17, 15) is 0 Å². The fourth-order valence-electron chi connectivity index (χ4n) is 3.00. The van der Waals surface area contributed by atoms with Crippen molar-refractivity contribution in [2.75, 3.05) is 7.11 Å². The van der Waals surface area contributed by atoms with E-state index in [4.69, 9.17) is 4.74 Å². The molecule has 0 amide bonds. The van der Waals surface area contributed by atoms with E-state index in [0.717, 1.165) is 24.1 Å². The van der Waals surface area contributed by atoms with E-state index < -0.39 is 0 Å². The number of ether oxygens (including phenoxy) is 1. The molecule has 1 aliphatic rings. The highest BCUT2D eigenvalue weighted by Gasteiger charge is 2.19. The molecule has 0 radical (unpaired) electrons. The van der Waals surface area contributed by atoms with Crippen LogP contribution in [0.3, 0.4) is 0 Å². The van der Waals surface area contributed by atoms with Gasteiger partial charge in [-0.15, -0.1) is 0 Å². The molecular weight excluding hydrogens is 234 g/mol. The van der Waals surface area contributed by atoms with Gasteiger partial charge in [-0.3, -0.25) is 0 Å². The van der Waals surface area contributed by atoms with Gasteiger partial charge in [-0.1, -0.05) is 19.1 Å². The lowest BCUT2D eigenvalue weighted by atomic mass is 9.87. The maximum absolute atomic E-state index is 5.19. The molecule has 2 rings (SSSR count). The van der Waals surface area contributed by atoms with Crippen molar-refractivity contribution in [1.29, 1.82) is 0 Å².